The monoisotopic (exact) mass is 578 g/mol. The zero-order valence-corrected chi connectivity index (χ0v) is 24.9. The Balaban J connectivity index is 0.000000231. The van der Waals surface area contributed by atoms with Crippen molar-refractivity contribution in [3.05, 3.63) is 25.3 Å². The number of amides is 2. The van der Waals surface area contributed by atoms with Crippen LogP contribution in [0.2, 0.25) is 0 Å². The Labute approximate surface area is 244 Å². The van der Waals surface area contributed by atoms with E-state index in [1.54, 1.807) is 32.1 Å². The number of alkyl carbamates (subject to hydrolysis) is 2. The highest BCUT2D eigenvalue weighted by Gasteiger charge is 2.32. The molecule has 2 bridgehead atoms. The molecule has 2 amide bonds. The first-order valence-corrected chi connectivity index (χ1v) is 15.3. The average molecular weight is 579 g/mol. The molecule has 4 atom stereocenters. The van der Waals surface area contributed by atoms with Gasteiger partial charge < -0.3 is 29.6 Å². The van der Waals surface area contributed by atoms with Crippen LogP contribution in [0.15, 0.2) is 25.3 Å². The molecule has 0 aromatic rings. The largest absolute Gasteiger partial charge is 0.455 e. The molecule has 0 heterocycles. The zero-order chi connectivity index (χ0) is 30.0. The molecule has 0 aromatic carbocycles. The molecular formula is C31H50N2O8. The van der Waals surface area contributed by atoms with E-state index >= 15 is 0 Å². The smallest absolute Gasteiger partial charge is 0.407 e. The van der Waals surface area contributed by atoms with Crippen molar-refractivity contribution < 1.29 is 38.1 Å². The predicted octanol–water partition coefficient (Wildman–Crippen LogP) is 5.74. The third-order valence-corrected chi connectivity index (χ3v) is 7.94. The number of hydrogen-bond donors (Lipinski definition) is 2. The van der Waals surface area contributed by atoms with Crippen LogP contribution in [0.5, 0.6) is 0 Å². The molecule has 4 rings (SSSR count). The molecule has 10 heteroatoms. The Morgan fingerprint density at radius 1 is 0.585 bits per heavy atom. The molecular weight excluding hydrogens is 528 g/mol. The quantitative estimate of drug-likeness (QED) is 0.212. The van der Waals surface area contributed by atoms with Crippen molar-refractivity contribution in [1.29, 1.82) is 0 Å². The number of carbonyl (C=O) groups excluding carboxylic acids is 4. The molecule has 4 saturated carbocycles. The summed E-state index contributed by atoms with van der Waals surface area (Å²) in [6.07, 6.45) is 14.6. The second kappa shape index (κ2) is 19.1. The van der Waals surface area contributed by atoms with Crippen LogP contribution in [-0.2, 0) is 28.5 Å². The highest BCUT2D eigenvalue weighted by molar-refractivity contribution is 5.81. The molecule has 0 saturated heterocycles. The van der Waals surface area contributed by atoms with Gasteiger partial charge in [0, 0.05) is 25.2 Å². The summed E-state index contributed by atoms with van der Waals surface area (Å²) in [7, 11) is 0. The van der Waals surface area contributed by atoms with Gasteiger partial charge in [0.05, 0.1) is 0 Å². The lowest BCUT2D eigenvalue weighted by atomic mass is 9.94. The van der Waals surface area contributed by atoms with Crippen molar-refractivity contribution in [2.75, 3.05) is 13.1 Å². The van der Waals surface area contributed by atoms with Crippen LogP contribution in [0.4, 0.5) is 9.59 Å². The van der Waals surface area contributed by atoms with E-state index < -0.39 is 24.1 Å². The number of carbonyl (C=O) groups is 4. The molecule has 4 unspecified atom stereocenters. The van der Waals surface area contributed by atoms with Crippen LogP contribution in [0.25, 0.3) is 0 Å². The summed E-state index contributed by atoms with van der Waals surface area (Å²) >= 11 is 0. The van der Waals surface area contributed by atoms with Gasteiger partial charge in [-0.1, -0.05) is 38.8 Å². The fourth-order valence-corrected chi connectivity index (χ4v) is 5.88. The maximum Gasteiger partial charge on any atom is 0.407 e. The van der Waals surface area contributed by atoms with Crippen LogP contribution >= 0.6 is 0 Å². The summed E-state index contributed by atoms with van der Waals surface area (Å²) in [6, 6.07) is 0. The van der Waals surface area contributed by atoms with E-state index in [0.29, 0.717) is 13.1 Å². The third-order valence-electron chi connectivity index (χ3n) is 7.94. The number of hydrogen-bond acceptors (Lipinski definition) is 8. The summed E-state index contributed by atoms with van der Waals surface area (Å²) in [5.74, 6) is 1.40. The lowest BCUT2D eigenvalue weighted by Gasteiger charge is -2.30. The van der Waals surface area contributed by atoms with E-state index in [1.807, 2.05) is 13.8 Å². The van der Waals surface area contributed by atoms with Gasteiger partial charge in [0.2, 0.25) is 0 Å². The topological polar surface area (TPSA) is 129 Å². The van der Waals surface area contributed by atoms with Crippen LogP contribution in [0.1, 0.15) is 97.3 Å². The van der Waals surface area contributed by atoms with Crippen molar-refractivity contribution in [1.82, 2.24) is 10.6 Å². The summed E-state index contributed by atoms with van der Waals surface area (Å²) in [5, 5.41) is 5.12. The van der Waals surface area contributed by atoms with E-state index in [0.717, 1.165) is 63.5 Å². The normalized spacial score (nSPS) is 27.8. The minimum atomic E-state index is -0.471. The number of nitrogens with one attached hydrogen (secondary N) is 2. The van der Waals surface area contributed by atoms with Crippen molar-refractivity contribution in [2.45, 2.75) is 122 Å². The van der Waals surface area contributed by atoms with Crippen molar-refractivity contribution >= 4 is 24.1 Å². The van der Waals surface area contributed by atoms with Gasteiger partial charge in [-0.2, -0.15) is 0 Å². The first-order valence-electron chi connectivity index (χ1n) is 15.3. The van der Waals surface area contributed by atoms with Gasteiger partial charge in [-0.25, -0.2) is 19.2 Å². The summed E-state index contributed by atoms with van der Waals surface area (Å²) in [4.78, 5) is 44.9. The van der Waals surface area contributed by atoms with Crippen molar-refractivity contribution in [2.24, 2.45) is 11.8 Å². The maximum absolute atomic E-state index is 11.3. The van der Waals surface area contributed by atoms with Gasteiger partial charge in [0.15, 0.2) is 0 Å². The second-order valence-corrected chi connectivity index (χ2v) is 11.0. The fourth-order valence-electron chi connectivity index (χ4n) is 5.88. The second-order valence-electron chi connectivity index (χ2n) is 11.0. The maximum atomic E-state index is 11.3. The Bertz CT molecular complexity index is 787. The van der Waals surface area contributed by atoms with Crippen molar-refractivity contribution in [3.8, 4) is 0 Å². The minimum Gasteiger partial charge on any atom is -0.455 e. The molecule has 0 aliphatic heterocycles. The standard InChI is InChI=1S/2C12H19NO4.C7H12/c2*1-3-11(14)16-9-7-5-6-8-10(9)17-12(15)13-4-2;1-2-7-4-3-6(1)5-7/h2*3,9-10H,1,4-8H2,2H3,(H,13,15);6-7H,1-5H2. The van der Waals surface area contributed by atoms with Gasteiger partial charge in [0.1, 0.15) is 24.4 Å². The fraction of sp³-hybridized carbons (Fsp3) is 0.742. The van der Waals surface area contributed by atoms with Crippen LogP contribution < -0.4 is 10.6 Å². The van der Waals surface area contributed by atoms with Crippen LogP contribution in [0, 0.1) is 11.8 Å². The number of fused-ring (bicyclic) bond motifs is 2. The van der Waals surface area contributed by atoms with Crippen molar-refractivity contribution in [3.63, 3.8) is 0 Å². The van der Waals surface area contributed by atoms with E-state index in [4.69, 9.17) is 18.9 Å². The van der Waals surface area contributed by atoms with Gasteiger partial charge in [-0.05, 0) is 83.5 Å². The molecule has 0 radical (unpaired) electrons. The van der Waals surface area contributed by atoms with Gasteiger partial charge >= 0.3 is 24.1 Å². The minimum absolute atomic E-state index is 0.348. The number of rotatable bonds is 8. The summed E-state index contributed by atoms with van der Waals surface area (Å²) < 4.78 is 20.8. The Kier molecular flexibility index (Phi) is 16.0. The number of ether oxygens (including phenoxy) is 4. The van der Waals surface area contributed by atoms with E-state index in [-0.39, 0.29) is 24.4 Å². The Morgan fingerprint density at radius 3 is 1.15 bits per heavy atom. The summed E-state index contributed by atoms with van der Waals surface area (Å²) in [6.45, 7) is 11.4. The van der Waals surface area contributed by atoms with Crippen LogP contribution in [-0.4, -0.2) is 61.6 Å². The third kappa shape index (κ3) is 13.0. The molecule has 232 valence electrons. The Morgan fingerprint density at radius 2 is 0.902 bits per heavy atom. The van der Waals surface area contributed by atoms with E-state index in [9.17, 15) is 19.2 Å². The molecule has 4 fully saturated rings. The molecule has 4 aliphatic carbocycles. The zero-order valence-electron chi connectivity index (χ0n) is 24.9. The van der Waals surface area contributed by atoms with E-state index in [2.05, 4.69) is 23.8 Å². The van der Waals surface area contributed by atoms with E-state index in [1.165, 1.54) is 11.8 Å². The highest BCUT2D eigenvalue weighted by Crippen LogP contribution is 2.43. The summed E-state index contributed by atoms with van der Waals surface area (Å²) in [5.41, 5.74) is 0. The Hall–Kier alpha value is -3.04. The SMILES string of the molecule is C1CC2CCC1C2.C=CC(=O)OC1CCCCC1OC(=O)NCC.C=CC(=O)OC1CCCCC1OC(=O)NCC. The molecule has 10 nitrogen and oxygen atoms in total. The molecule has 4 aliphatic rings. The molecule has 41 heavy (non-hydrogen) atoms. The first kappa shape index (κ1) is 34.2. The lowest BCUT2D eigenvalue weighted by molar-refractivity contribution is -0.152. The number of esters is 2. The van der Waals surface area contributed by atoms with Gasteiger partial charge in [-0.3, -0.25) is 0 Å². The predicted molar refractivity (Wildman–Crippen MR) is 155 cm³/mol. The molecule has 0 spiro atoms. The highest BCUT2D eigenvalue weighted by atomic mass is 16.6. The van der Waals surface area contributed by atoms with Gasteiger partial charge in [0.25, 0.3) is 0 Å². The van der Waals surface area contributed by atoms with Crippen LogP contribution in [0.3, 0.4) is 0 Å². The lowest BCUT2D eigenvalue weighted by Crippen LogP contribution is -2.40. The van der Waals surface area contributed by atoms with Gasteiger partial charge in [-0.15, -0.1) is 0 Å². The average Bonchev–Trinajstić information content (AvgIpc) is 3.63. The first-order chi connectivity index (χ1) is 19.8. The molecule has 0 aromatic heterocycles. The molecule has 2 N–H and O–H groups in total.